The third-order valence-electron chi connectivity index (χ3n) is 4.91. The standard InChI is InChI=1S/C20H21Cl2NO3/c1-25-16-5-2-14(3-6-16)20(8-10-26-11-9-20)13-23-19(24)17-12-15(21)4-7-18(17)22/h2-7,12H,8-11,13H2,1H3,(H,23,24). The van der Waals surface area contributed by atoms with E-state index in [1.54, 1.807) is 25.3 Å². The largest absolute Gasteiger partial charge is 0.497 e. The number of amides is 1. The van der Waals surface area contributed by atoms with E-state index < -0.39 is 0 Å². The number of halogens is 2. The molecule has 0 radical (unpaired) electrons. The molecular formula is C20H21Cl2NO3. The van der Waals surface area contributed by atoms with Crippen LogP contribution in [0.2, 0.25) is 10.0 Å². The van der Waals surface area contributed by atoms with E-state index in [4.69, 9.17) is 32.7 Å². The summed E-state index contributed by atoms with van der Waals surface area (Å²) in [4.78, 5) is 12.6. The van der Waals surface area contributed by atoms with Crippen molar-refractivity contribution in [2.24, 2.45) is 0 Å². The van der Waals surface area contributed by atoms with Crippen molar-refractivity contribution in [3.63, 3.8) is 0 Å². The van der Waals surface area contributed by atoms with Crippen LogP contribution in [0.3, 0.4) is 0 Å². The molecule has 2 aromatic carbocycles. The summed E-state index contributed by atoms with van der Waals surface area (Å²) in [6.45, 7) is 1.84. The minimum Gasteiger partial charge on any atom is -0.497 e. The first-order chi connectivity index (χ1) is 12.5. The van der Waals surface area contributed by atoms with Crippen molar-refractivity contribution in [1.29, 1.82) is 0 Å². The van der Waals surface area contributed by atoms with Gasteiger partial charge in [0, 0.05) is 30.2 Å². The normalized spacial score (nSPS) is 16.1. The fraction of sp³-hybridized carbons (Fsp3) is 0.350. The molecule has 0 saturated carbocycles. The van der Waals surface area contributed by atoms with E-state index in [9.17, 15) is 4.79 Å². The molecule has 1 N–H and O–H groups in total. The SMILES string of the molecule is COc1ccc(C2(CNC(=O)c3cc(Cl)ccc3Cl)CCOCC2)cc1. The maximum Gasteiger partial charge on any atom is 0.252 e. The maximum atomic E-state index is 12.6. The minimum atomic E-state index is -0.225. The predicted molar refractivity (Wildman–Crippen MR) is 104 cm³/mol. The van der Waals surface area contributed by atoms with Crippen molar-refractivity contribution < 1.29 is 14.3 Å². The van der Waals surface area contributed by atoms with Crippen LogP contribution in [-0.4, -0.2) is 32.8 Å². The molecular weight excluding hydrogens is 373 g/mol. The van der Waals surface area contributed by atoms with Gasteiger partial charge in [0.15, 0.2) is 0 Å². The molecule has 1 aliphatic rings. The second-order valence-corrected chi connectivity index (χ2v) is 7.27. The van der Waals surface area contributed by atoms with E-state index in [-0.39, 0.29) is 11.3 Å². The summed E-state index contributed by atoms with van der Waals surface area (Å²) >= 11 is 12.1. The summed E-state index contributed by atoms with van der Waals surface area (Å²) in [7, 11) is 1.65. The van der Waals surface area contributed by atoms with Crippen molar-refractivity contribution in [1.82, 2.24) is 5.32 Å². The van der Waals surface area contributed by atoms with Crippen molar-refractivity contribution >= 4 is 29.1 Å². The first kappa shape index (κ1) is 19.0. The molecule has 26 heavy (non-hydrogen) atoms. The van der Waals surface area contributed by atoms with Gasteiger partial charge in [-0.2, -0.15) is 0 Å². The highest BCUT2D eigenvalue weighted by Crippen LogP contribution is 2.35. The van der Waals surface area contributed by atoms with Crippen LogP contribution in [0.1, 0.15) is 28.8 Å². The molecule has 2 aromatic rings. The van der Waals surface area contributed by atoms with Crippen LogP contribution in [0, 0.1) is 0 Å². The van der Waals surface area contributed by atoms with Crippen molar-refractivity contribution in [3.8, 4) is 5.75 Å². The van der Waals surface area contributed by atoms with Gasteiger partial charge >= 0.3 is 0 Å². The molecule has 1 amide bonds. The number of rotatable bonds is 5. The summed E-state index contributed by atoms with van der Waals surface area (Å²) in [6, 6.07) is 12.9. The fourth-order valence-electron chi connectivity index (χ4n) is 3.29. The Morgan fingerprint density at radius 1 is 1.15 bits per heavy atom. The average Bonchev–Trinajstić information content (AvgIpc) is 2.69. The fourth-order valence-corrected chi connectivity index (χ4v) is 3.67. The lowest BCUT2D eigenvalue weighted by atomic mass is 9.74. The molecule has 1 fully saturated rings. The smallest absolute Gasteiger partial charge is 0.252 e. The molecule has 0 aromatic heterocycles. The molecule has 4 nitrogen and oxygen atoms in total. The van der Waals surface area contributed by atoms with E-state index in [0.717, 1.165) is 18.6 Å². The number of carbonyl (C=O) groups is 1. The number of ether oxygens (including phenoxy) is 2. The van der Waals surface area contributed by atoms with Gasteiger partial charge in [0.25, 0.3) is 5.91 Å². The monoisotopic (exact) mass is 393 g/mol. The summed E-state index contributed by atoms with van der Waals surface area (Å²) in [6.07, 6.45) is 1.67. The Balaban J connectivity index is 1.80. The quantitative estimate of drug-likeness (QED) is 0.814. The first-order valence-electron chi connectivity index (χ1n) is 8.50. The topological polar surface area (TPSA) is 47.6 Å². The maximum absolute atomic E-state index is 12.6. The van der Waals surface area contributed by atoms with Gasteiger partial charge in [-0.05, 0) is 48.7 Å². The van der Waals surface area contributed by atoms with Gasteiger partial charge < -0.3 is 14.8 Å². The van der Waals surface area contributed by atoms with E-state index >= 15 is 0 Å². The zero-order chi connectivity index (χ0) is 18.6. The molecule has 0 bridgehead atoms. The number of carbonyl (C=O) groups excluding carboxylic acids is 1. The lowest BCUT2D eigenvalue weighted by molar-refractivity contribution is 0.0487. The van der Waals surface area contributed by atoms with Gasteiger partial charge in [-0.25, -0.2) is 0 Å². The third kappa shape index (κ3) is 4.14. The Kier molecular flexibility index (Phi) is 6.07. The van der Waals surface area contributed by atoms with Gasteiger partial charge in [-0.3, -0.25) is 4.79 Å². The van der Waals surface area contributed by atoms with Crippen LogP contribution < -0.4 is 10.1 Å². The number of hydrogen-bond donors (Lipinski definition) is 1. The van der Waals surface area contributed by atoms with Crippen molar-refractivity contribution in [2.45, 2.75) is 18.3 Å². The Hall–Kier alpha value is -1.75. The number of nitrogens with one attached hydrogen (secondary N) is 1. The summed E-state index contributed by atoms with van der Waals surface area (Å²) < 4.78 is 10.8. The van der Waals surface area contributed by atoms with Crippen molar-refractivity contribution in [2.75, 3.05) is 26.9 Å². The Morgan fingerprint density at radius 3 is 2.50 bits per heavy atom. The number of methoxy groups -OCH3 is 1. The molecule has 138 valence electrons. The van der Waals surface area contributed by atoms with Gasteiger partial charge in [-0.15, -0.1) is 0 Å². The van der Waals surface area contributed by atoms with Crippen molar-refractivity contribution in [3.05, 3.63) is 63.6 Å². The molecule has 0 spiro atoms. The van der Waals surface area contributed by atoms with Crippen LogP contribution in [0.4, 0.5) is 0 Å². The minimum absolute atomic E-state index is 0.175. The highest BCUT2D eigenvalue weighted by Gasteiger charge is 2.35. The molecule has 0 atom stereocenters. The van der Waals surface area contributed by atoms with Gasteiger partial charge in [-0.1, -0.05) is 35.3 Å². The Morgan fingerprint density at radius 2 is 1.85 bits per heavy atom. The van der Waals surface area contributed by atoms with Gasteiger partial charge in [0.2, 0.25) is 0 Å². The van der Waals surface area contributed by atoms with Crippen LogP contribution >= 0.6 is 23.2 Å². The van der Waals surface area contributed by atoms with Gasteiger partial charge in [0.1, 0.15) is 5.75 Å². The highest BCUT2D eigenvalue weighted by atomic mass is 35.5. The second kappa shape index (κ2) is 8.30. The molecule has 6 heteroatoms. The van der Waals surface area contributed by atoms with E-state index in [1.807, 2.05) is 12.1 Å². The summed E-state index contributed by atoms with van der Waals surface area (Å²) in [5.74, 6) is 0.586. The predicted octanol–water partition coefficient (Wildman–Crippen LogP) is 4.48. The molecule has 1 aliphatic heterocycles. The molecule has 1 heterocycles. The highest BCUT2D eigenvalue weighted by molar-refractivity contribution is 6.35. The lowest BCUT2D eigenvalue weighted by Gasteiger charge is -2.38. The van der Waals surface area contributed by atoms with E-state index in [1.165, 1.54) is 5.56 Å². The molecule has 3 rings (SSSR count). The molecule has 0 unspecified atom stereocenters. The van der Waals surface area contributed by atoms with E-state index in [0.29, 0.717) is 35.4 Å². The zero-order valence-corrected chi connectivity index (χ0v) is 16.1. The van der Waals surface area contributed by atoms with E-state index in [2.05, 4.69) is 17.4 Å². The summed E-state index contributed by atoms with van der Waals surface area (Å²) in [5, 5.41) is 3.90. The van der Waals surface area contributed by atoms with Crippen LogP contribution in [0.5, 0.6) is 5.75 Å². The molecule has 1 saturated heterocycles. The number of hydrogen-bond acceptors (Lipinski definition) is 3. The number of benzene rings is 2. The Bertz CT molecular complexity index is 771. The van der Waals surface area contributed by atoms with Gasteiger partial charge in [0.05, 0.1) is 17.7 Å². The second-order valence-electron chi connectivity index (χ2n) is 6.43. The lowest BCUT2D eigenvalue weighted by Crippen LogP contribution is -2.44. The Labute approximate surface area is 163 Å². The first-order valence-corrected chi connectivity index (χ1v) is 9.25. The zero-order valence-electron chi connectivity index (χ0n) is 14.6. The van der Waals surface area contributed by atoms with Crippen LogP contribution in [0.25, 0.3) is 0 Å². The molecule has 0 aliphatic carbocycles. The average molecular weight is 394 g/mol. The third-order valence-corrected chi connectivity index (χ3v) is 5.48. The van der Waals surface area contributed by atoms with Crippen LogP contribution in [0.15, 0.2) is 42.5 Å². The summed E-state index contributed by atoms with van der Waals surface area (Å²) in [5.41, 5.74) is 1.38. The van der Waals surface area contributed by atoms with Crippen LogP contribution in [-0.2, 0) is 10.2 Å².